The van der Waals surface area contributed by atoms with Crippen molar-refractivity contribution in [2.45, 2.75) is 51.6 Å². The predicted octanol–water partition coefficient (Wildman–Crippen LogP) is 3.60. The van der Waals surface area contributed by atoms with Gasteiger partial charge in [-0.3, -0.25) is 4.90 Å². The van der Waals surface area contributed by atoms with Gasteiger partial charge < -0.3 is 10.5 Å². The summed E-state index contributed by atoms with van der Waals surface area (Å²) in [4.78, 5) is 2.51. The van der Waals surface area contributed by atoms with Crippen LogP contribution in [0.1, 0.15) is 51.1 Å². The van der Waals surface area contributed by atoms with Gasteiger partial charge in [0, 0.05) is 17.6 Å². The Bertz CT molecular complexity index is 435. The van der Waals surface area contributed by atoms with Crippen molar-refractivity contribution < 1.29 is 4.74 Å². The molecule has 118 valence electrons. The van der Waals surface area contributed by atoms with Crippen LogP contribution in [0, 0.1) is 5.92 Å². The Morgan fingerprint density at radius 1 is 1.29 bits per heavy atom. The van der Waals surface area contributed by atoms with Crippen LogP contribution in [0.2, 0.25) is 0 Å². The highest BCUT2D eigenvalue weighted by molar-refractivity contribution is 5.35. The van der Waals surface area contributed by atoms with Crippen LogP contribution in [0.25, 0.3) is 0 Å². The SMILES string of the molecule is CCOc1ccccc1C(C)N(C)C1CCCCC1CN. The molecular formula is C18H30N2O. The number of hydrogen-bond acceptors (Lipinski definition) is 3. The lowest BCUT2D eigenvalue weighted by atomic mass is 9.83. The third kappa shape index (κ3) is 3.78. The molecule has 0 bridgehead atoms. The van der Waals surface area contributed by atoms with Gasteiger partial charge >= 0.3 is 0 Å². The molecule has 0 aromatic heterocycles. The molecule has 0 saturated heterocycles. The molecule has 3 nitrogen and oxygen atoms in total. The van der Waals surface area contributed by atoms with Crippen molar-refractivity contribution in [3.8, 4) is 5.75 Å². The van der Waals surface area contributed by atoms with E-state index in [2.05, 4.69) is 37.1 Å². The Morgan fingerprint density at radius 2 is 2.00 bits per heavy atom. The second-order valence-corrected chi connectivity index (χ2v) is 6.16. The van der Waals surface area contributed by atoms with E-state index in [0.29, 0.717) is 24.6 Å². The number of benzene rings is 1. The van der Waals surface area contributed by atoms with E-state index in [4.69, 9.17) is 10.5 Å². The van der Waals surface area contributed by atoms with Gasteiger partial charge in [0.1, 0.15) is 5.75 Å². The fraction of sp³-hybridized carbons (Fsp3) is 0.667. The summed E-state index contributed by atoms with van der Waals surface area (Å²) in [5.41, 5.74) is 7.28. The Hall–Kier alpha value is -1.06. The predicted molar refractivity (Wildman–Crippen MR) is 88.6 cm³/mol. The van der Waals surface area contributed by atoms with E-state index in [-0.39, 0.29) is 0 Å². The minimum absolute atomic E-state index is 0.352. The molecule has 1 aromatic rings. The Kier molecular flexibility index (Phi) is 6.07. The number of nitrogens with zero attached hydrogens (tertiary/aromatic N) is 1. The molecule has 0 radical (unpaired) electrons. The maximum Gasteiger partial charge on any atom is 0.124 e. The van der Waals surface area contributed by atoms with Crippen LogP contribution >= 0.6 is 0 Å². The van der Waals surface area contributed by atoms with Crippen LogP contribution < -0.4 is 10.5 Å². The summed E-state index contributed by atoms with van der Waals surface area (Å²) in [7, 11) is 2.24. The maximum absolute atomic E-state index is 6.00. The fourth-order valence-electron chi connectivity index (χ4n) is 3.62. The lowest BCUT2D eigenvalue weighted by Crippen LogP contribution is -2.44. The van der Waals surface area contributed by atoms with Gasteiger partial charge in [-0.05, 0) is 52.3 Å². The first kappa shape index (κ1) is 16.3. The van der Waals surface area contributed by atoms with E-state index < -0.39 is 0 Å². The molecule has 3 atom stereocenters. The highest BCUT2D eigenvalue weighted by atomic mass is 16.5. The summed E-state index contributed by atoms with van der Waals surface area (Å²) in [6, 6.07) is 9.35. The van der Waals surface area contributed by atoms with Crippen molar-refractivity contribution in [2.24, 2.45) is 11.7 Å². The van der Waals surface area contributed by atoms with Gasteiger partial charge in [0.25, 0.3) is 0 Å². The summed E-state index contributed by atoms with van der Waals surface area (Å²) in [6.45, 7) is 5.83. The topological polar surface area (TPSA) is 38.5 Å². The first-order valence-electron chi connectivity index (χ1n) is 8.32. The van der Waals surface area contributed by atoms with E-state index >= 15 is 0 Å². The first-order chi connectivity index (χ1) is 10.2. The van der Waals surface area contributed by atoms with Crippen molar-refractivity contribution in [3.63, 3.8) is 0 Å². The second kappa shape index (κ2) is 7.81. The van der Waals surface area contributed by atoms with Crippen molar-refractivity contribution >= 4 is 0 Å². The van der Waals surface area contributed by atoms with Crippen molar-refractivity contribution in [3.05, 3.63) is 29.8 Å². The third-order valence-corrected chi connectivity index (χ3v) is 4.97. The third-order valence-electron chi connectivity index (χ3n) is 4.97. The van der Waals surface area contributed by atoms with Crippen LogP contribution in [0.15, 0.2) is 24.3 Å². The maximum atomic E-state index is 6.00. The standard InChI is InChI=1S/C18H30N2O/c1-4-21-18-12-8-6-10-16(18)14(2)20(3)17-11-7-5-9-15(17)13-19/h6,8,10,12,14-15,17H,4-5,7,9,11,13,19H2,1-3H3. The van der Waals surface area contributed by atoms with Crippen molar-refractivity contribution in [1.29, 1.82) is 0 Å². The van der Waals surface area contributed by atoms with E-state index in [1.54, 1.807) is 0 Å². The zero-order valence-corrected chi connectivity index (χ0v) is 13.7. The molecule has 0 aliphatic heterocycles. The molecule has 0 amide bonds. The molecule has 1 aliphatic carbocycles. The molecule has 2 rings (SSSR count). The Morgan fingerprint density at radius 3 is 2.71 bits per heavy atom. The molecule has 0 heterocycles. The van der Waals surface area contributed by atoms with E-state index in [1.165, 1.54) is 31.2 Å². The monoisotopic (exact) mass is 290 g/mol. The lowest BCUT2D eigenvalue weighted by molar-refractivity contribution is 0.0974. The zero-order chi connectivity index (χ0) is 15.2. The van der Waals surface area contributed by atoms with Gasteiger partial charge in [0.05, 0.1) is 6.61 Å². The molecule has 1 aliphatic rings. The first-order valence-corrected chi connectivity index (χ1v) is 8.32. The second-order valence-electron chi connectivity index (χ2n) is 6.16. The van der Waals surface area contributed by atoms with Crippen LogP contribution in [-0.4, -0.2) is 31.1 Å². The van der Waals surface area contributed by atoms with E-state index in [1.807, 2.05) is 13.0 Å². The highest BCUT2D eigenvalue weighted by Gasteiger charge is 2.30. The van der Waals surface area contributed by atoms with Crippen molar-refractivity contribution in [2.75, 3.05) is 20.2 Å². The van der Waals surface area contributed by atoms with E-state index in [9.17, 15) is 0 Å². The van der Waals surface area contributed by atoms with Gasteiger partial charge in [-0.15, -0.1) is 0 Å². The number of rotatable bonds is 6. The van der Waals surface area contributed by atoms with Gasteiger partial charge in [0.2, 0.25) is 0 Å². The Balaban J connectivity index is 2.16. The molecule has 3 heteroatoms. The lowest BCUT2D eigenvalue weighted by Gasteiger charge is -2.41. The molecule has 21 heavy (non-hydrogen) atoms. The van der Waals surface area contributed by atoms with Crippen LogP contribution in [0.5, 0.6) is 5.75 Å². The normalized spacial score (nSPS) is 24.0. The van der Waals surface area contributed by atoms with Gasteiger partial charge in [0.15, 0.2) is 0 Å². The molecular weight excluding hydrogens is 260 g/mol. The minimum atomic E-state index is 0.352. The quantitative estimate of drug-likeness (QED) is 0.870. The van der Waals surface area contributed by atoms with Gasteiger partial charge in [-0.25, -0.2) is 0 Å². The number of para-hydroxylation sites is 1. The summed E-state index contributed by atoms with van der Waals surface area (Å²) in [5.74, 6) is 1.64. The van der Waals surface area contributed by atoms with Gasteiger partial charge in [-0.1, -0.05) is 31.0 Å². The van der Waals surface area contributed by atoms with Gasteiger partial charge in [-0.2, -0.15) is 0 Å². The molecule has 1 saturated carbocycles. The molecule has 1 aromatic carbocycles. The highest BCUT2D eigenvalue weighted by Crippen LogP contribution is 2.35. The zero-order valence-electron chi connectivity index (χ0n) is 13.7. The average Bonchev–Trinajstić information content (AvgIpc) is 2.54. The van der Waals surface area contributed by atoms with Crippen LogP contribution in [0.4, 0.5) is 0 Å². The van der Waals surface area contributed by atoms with E-state index in [0.717, 1.165) is 12.3 Å². The molecule has 2 N–H and O–H groups in total. The fourth-order valence-corrected chi connectivity index (χ4v) is 3.62. The number of hydrogen-bond donors (Lipinski definition) is 1. The molecule has 1 fully saturated rings. The van der Waals surface area contributed by atoms with Crippen LogP contribution in [-0.2, 0) is 0 Å². The largest absolute Gasteiger partial charge is 0.494 e. The smallest absolute Gasteiger partial charge is 0.124 e. The van der Waals surface area contributed by atoms with Crippen LogP contribution in [0.3, 0.4) is 0 Å². The number of nitrogens with two attached hydrogens (primary N) is 1. The van der Waals surface area contributed by atoms with Crippen molar-refractivity contribution in [1.82, 2.24) is 4.90 Å². The summed E-state index contributed by atoms with van der Waals surface area (Å²) < 4.78 is 5.80. The average molecular weight is 290 g/mol. The summed E-state index contributed by atoms with van der Waals surface area (Å²) in [5, 5.41) is 0. The summed E-state index contributed by atoms with van der Waals surface area (Å²) >= 11 is 0. The molecule has 3 unspecified atom stereocenters. The minimum Gasteiger partial charge on any atom is -0.494 e. The Labute approximate surface area is 129 Å². The summed E-state index contributed by atoms with van der Waals surface area (Å²) in [6.07, 6.45) is 5.19. The molecule has 0 spiro atoms. The number of ether oxygens (including phenoxy) is 1.